The normalized spacial score (nSPS) is 10.3. The van der Waals surface area contributed by atoms with Gasteiger partial charge in [-0.15, -0.1) is 0 Å². The summed E-state index contributed by atoms with van der Waals surface area (Å²) < 4.78 is 13.7. The number of benzene rings is 1. The highest BCUT2D eigenvalue weighted by molar-refractivity contribution is 5.88. The molecule has 2 aromatic rings. The molecule has 0 saturated carbocycles. The summed E-state index contributed by atoms with van der Waals surface area (Å²) in [6.07, 6.45) is 3.41. The average Bonchev–Trinajstić information content (AvgIpc) is 2.45. The molecule has 5 heteroatoms. The molecule has 2 rings (SSSR count). The van der Waals surface area contributed by atoms with Gasteiger partial charge in [-0.05, 0) is 42.8 Å². The molecule has 1 heterocycles. The molecule has 0 aliphatic carbocycles. The smallest absolute Gasteiger partial charge is 0.338 e. The van der Waals surface area contributed by atoms with E-state index in [1.54, 1.807) is 18.5 Å². The number of aromatic nitrogens is 1. The Balaban J connectivity index is 2.24. The minimum atomic E-state index is -1.26. The predicted octanol–water partition coefficient (Wildman–Crippen LogP) is 2.95. The molecule has 104 valence electrons. The summed E-state index contributed by atoms with van der Waals surface area (Å²) in [5.74, 6) is -1.98. The molecule has 0 unspecified atom stereocenters. The van der Waals surface area contributed by atoms with Crippen LogP contribution < -0.4 is 4.90 Å². The van der Waals surface area contributed by atoms with Crippen molar-refractivity contribution in [1.29, 1.82) is 0 Å². The molecule has 0 aliphatic rings. The van der Waals surface area contributed by atoms with Crippen molar-refractivity contribution in [1.82, 2.24) is 4.98 Å². The van der Waals surface area contributed by atoms with Gasteiger partial charge < -0.3 is 10.0 Å². The Morgan fingerprint density at radius 2 is 2.00 bits per heavy atom. The summed E-state index contributed by atoms with van der Waals surface area (Å²) in [6.45, 7) is 3.27. The van der Waals surface area contributed by atoms with Crippen molar-refractivity contribution >= 4 is 11.7 Å². The summed E-state index contributed by atoms with van der Waals surface area (Å²) in [5.41, 5.74) is 1.41. The number of carbonyl (C=O) groups is 1. The number of carboxylic acid groups (broad SMARTS) is 1. The lowest BCUT2D eigenvalue weighted by molar-refractivity contribution is 0.0692. The van der Waals surface area contributed by atoms with E-state index in [-0.39, 0.29) is 5.56 Å². The maximum Gasteiger partial charge on any atom is 0.338 e. The maximum atomic E-state index is 13.7. The van der Waals surface area contributed by atoms with Crippen LogP contribution in [0.4, 0.5) is 10.1 Å². The molecular weight excluding hydrogens is 259 g/mol. The third kappa shape index (κ3) is 3.12. The van der Waals surface area contributed by atoms with Crippen LogP contribution in [-0.2, 0) is 6.54 Å². The number of hydrogen-bond acceptors (Lipinski definition) is 3. The van der Waals surface area contributed by atoms with Crippen LogP contribution in [0.2, 0.25) is 0 Å². The Hall–Kier alpha value is -2.43. The van der Waals surface area contributed by atoms with Crippen molar-refractivity contribution in [2.24, 2.45) is 0 Å². The zero-order chi connectivity index (χ0) is 14.5. The van der Waals surface area contributed by atoms with E-state index in [0.29, 0.717) is 18.8 Å². The Bertz CT molecular complexity index is 602. The van der Waals surface area contributed by atoms with Crippen molar-refractivity contribution in [3.05, 3.63) is 59.7 Å². The van der Waals surface area contributed by atoms with Crippen LogP contribution in [0.25, 0.3) is 0 Å². The number of rotatable bonds is 5. The van der Waals surface area contributed by atoms with E-state index in [2.05, 4.69) is 4.98 Å². The van der Waals surface area contributed by atoms with E-state index in [4.69, 9.17) is 5.11 Å². The highest BCUT2D eigenvalue weighted by Gasteiger charge is 2.13. The van der Waals surface area contributed by atoms with E-state index in [0.717, 1.165) is 5.56 Å². The van der Waals surface area contributed by atoms with E-state index in [9.17, 15) is 9.18 Å². The molecule has 1 aromatic heterocycles. The zero-order valence-corrected chi connectivity index (χ0v) is 11.1. The number of anilines is 1. The molecule has 0 spiro atoms. The van der Waals surface area contributed by atoms with Gasteiger partial charge in [-0.1, -0.05) is 0 Å². The molecule has 0 atom stereocenters. The largest absolute Gasteiger partial charge is 0.478 e. The second-order valence-electron chi connectivity index (χ2n) is 4.34. The topological polar surface area (TPSA) is 53.4 Å². The van der Waals surface area contributed by atoms with Gasteiger partial charge in [0, 0.05) is 31.2 Å². The van der Waals surface area contributed by atoms with E-state index in [1.165, 1.54) is 12.1 Å². The first-order chi connectivity index (χ1) is 9.61. The molecule has 4 nitrogen and oxygen atoms in total. The van der Waals surface area contributed by atoms with Crippen LogP contribution in [0.5, 0.6) is 0 Å². The lowest BCUT2D eigenvalue weighted by Crippen LogP contribution is -2.22. The lowest BCUT2D eigenvalue weighted by Gasteiger charge is -2.23. The number of halogens is 1. The van der Waals surface area contributed by atoms with Gasteiger partial charge in [-0.3, -0.25) is 4.98 Å². The van der Waals surface area contributed by atoms with Crippen LogP contribution in [0.15, 0.2) is 42.7 Å². The minimum absolute atomic E-state index is 0.311. The molecular formula is C15H15FN2O2. The van der Waals surface area contributed by atoms with Crippen molar-refractivity contribution < 1.29 is 14.3 Å². The van der Waals surface area contributed by atoms with Gasteiger partial charge in [-0.25, -0.2) is 9.18 Å². The number of pyridine rings is 1. The number of carboxylic acids is 1. The fraction of sp³-hybridized carbons (Fsp3) is 0.200. The molecule has 0 radical (unpaired) electrons. The molecule has 0 fully saturated rings. The van der Waals surface area contributed by atoms with E-state index in [1.807, 2.05) is 24.0 Å². The highest BCUT2D eigenvalue weighted by atomic mass is 19.1. The Morgan fingerprint density at radius 3 is 2.55 bits per heavy atom. The third-order valence-electron chi connectivity index (χ3n) is 3.05. The van der Waals surface area contributed by atoms with Crippen LogP contribution >= 0.6 is 0 Å². The second kappa shape index (κ2) is 6.14. The monoisotopic (exact) mass is 274 g/mol. The summed E-state index contributed by atoms with van der Waals surface area (Å²) in [5, 5.41) is 8.83. The van der Waals surface area contributed by atoms with Gasteiger partial charge in [0.25, 0.3) is 0 Å². The summed E-state index contributed by atoms with van der Waals surface area (Å²) in [6, 6.07) is 7.96. The lowest BCUT2D eigenvalue weighted by atomic mass is 10.1. The molecule has 1 N–H and O–H groups in total. The zero-order valence-electron chi connectivity index (χ0n) is 11.1. The van der Waals surface area contributed by atoms with Crippen LogP contribution in [0.1, 0.15) is 22.8 Å². The average molecular weight is 274 g/mol. The highest BCUT2D eigenvalue weighted by Crippen LogP contribution is 2.20. The Labute approximate surface area is 116 Å². The fourth-order valence-electron chi connectivity index (χ4n) is 1.97. The van der Waals surface area contributed by atoms with Gasteiger partial charge in [0.15, 0.2) is 0 Å². The number of nitrogens with zero attached hydrogens (tertiary/aromatic N) is 2. The molecule has 0 aliphatic heterocycles. The Morgan fingerprint density at radius 1 is 1.30 bits per heavy atom. The van der Waals surface area contributed by atoms with Gasteiger partial charge in [0.05, 0.1) is 5.56 Å². The quantitative estimate of drug-likeness (QED) is 0.910. The molecule has 0 saturated heterocycles. The summed E-state index contributed by atoms with van der Waals surface area (Å²) >= 11 is 0. The second-order valence-corrected chi connectivity index (χ2v) is 4.34. The van der Waals surface area contributed by atoms with Crippen LogP contribution in [-0.4, -0.2) is 22.6 Å². The van der Waals surface area contributed by atoms with Crippen molar-refractivity contribution in [2.45, 2.75) is 13.5 Å². The van der Waals surface area contributed by atoms with Gasteiger partial charge in [-0.2, -0.15) is 0 Å². The first-order valence-electron chi connectivity index (χ1n) is 6.28. The number of hydrogen-bond donors (Lipinski definition) is 1. The standard InChI is InChI=1S/C15H15FN2O2/c1-2-18(10-11-5-7-17-8-6-11)12-3-4-13(15(19)20)14(16)9-12/h3-9H,2,10H2,1H3,(H,19,20). The maximum absolute atomic E-state index is 13.7. The van der Waals surface area contributed by atoms with Crippen molar-refractivity contribution in [3.63, 3.8) is 0 Å². The first-order valence-corrected chi connectivity index (χ1v) is 6.28. The molecule has 0 bridgehead atoms. The SMILES string of the molecule is CCN(Cc1ccncc1)c1ccc(C(=O)O)c(F)c1. The van der Waals surface area contributed by atoms with E-state index < -0.39 is 11.8 Å². The minimum Gasteiger partial charge on any atom is -0.478 e. The van der Waals surface area contributed by atoms with Gasteiger partial charge >= 0.3 is 5.97 Å². The number of aromatic carboxylic acids is 1. The summed E-state index contributed by atoms with van der Waals surface area (Å²) in [7, 11) is 0. The predicted molar refractivity (Wildman–Crippen MR) is 74.3 cm³/mol. The first kappa shape index (κ1) is 14.0. The van der Waals surface area contributed by atoms with E-state index >= 15 is 0 Å². The van der Waals surface area contributed by atoms with Crippen molar-refractivity contribution in [2.75, 3.05) is 11.4 Å². The van der Waals surface area contributed by atoms with Crippen LogP contribution in [0, 0.1) is 5.82 Å². The molecule has 20 heavy (non-hydrogen) atoms. The molecule has 0 amide bonds. The summed E-state index contributed by atoms with van der Waals surface area (Å²) in [4.78, 5) is 16.7. The van der Waals surface area contributed by atoms with Crippen molar-refractivity contribution in [3.8, 4) is 0 Å². The fourth-order valence-corrected chi connectivity index (χ4v) is 1.97. The Kier molecular flexibility index (Phi) is 4.30. The van der Waals surface area contributed by atoms with Gasteiger partial charge in [0.2, 0.25) is 0 Å². The third-order valence-corrected chi connectivity index (χ3v) is 3.05. The van der Waals surface area contributed by atoms with Crippen LogP contribution in [0.3, 0.4) is 0 Å². The van der Waals surface area contributed by atoms with Gasteiger partial charge in [0.1, 0.15) is 5.82 Å². The molecule has 1 aromatic carbocycles.